The maximum atomic E-state index is 8.80. The van der Waals surface area contributed by atoms with Crippen LogP contribution in [0.15, 0.2) is 29.2 Å². The molecule has 0 saturated carbocycles. The fraction of sp³-hybridized carbons (Fsp3) is 0.462. The predicted octanol–water partition coefficient (Wildman–Crippen LogP) is 3.14. The van der Waals surface area contributed by atoms with Crippen molar-refractivity contribution in [2.75, 3.05) is 5.75 Å². The Morgan fingerprint density at radius 3 is 2.38 bits per heavy atom. The number of nitriles is 1. The molecule has 0 spiro atoms. The molecule has 2 nitrogen and oxygen atoms in total. The molecule has 0 aromatic heterocycles. The minimum Gasteiger partial charge on any atom is -0.313 e. The van der Waals surface area contributed by atoms with E-state index in [1.807, 2.05) is 0 Å². The number of hydrogen-bond acceptors (Lipinski definition) is 3. The highest BCUT2D eigenvalue weighted by molar-refractivity contribution is 7.99. The van der Waals surface area contributed by atoms with Crippen molar-refractivity contribution >= 4 is 11.8 Å². The van der Waals surface area contributed by atoms with Crippen molar-refractivity contribution in [1.29, 1.82) is 5.26 Å². The minimum atomic E-state index is -0.749. The summed E-state index contributed by atoms with van der Waals surface area (Å²) in [5.74, 6) is 1.17. The summed E-state index contributed by atoms with van der Waals surface area (Å²) in [4.78, 5) is 1.16. The number of benzene rings is 1. The number of rotatable bonds is 4. The second kappa shape index (κ2) is 5.38. The summed E-state index contributed by atoms with van der Waals surface area (Å²) >= 11 is 1.62. The summed E-state index contributed by atoms with van der Waals surface area (Å²) in [5, 5.41) is 8.80. The van der Waals surface area contributed by atoms with Gasteiger partial charge < -0.3 is 5.73 Å². The van der Waals surface area contributed by atoms with Crippen LogP contribution in [0.25, 0.3) is 0 Å². The standard InChI is InChI=1S/C13H18N2S/c1-10(2)11-4-6-12(7-5-11)16-9-13(3,15)8-14/h4-7,10H,9,15H2,1-3H3. The van der Waals surface area contributed by atoms with Gasteiger partial charge in [0.1, 0.15) is 5.54 Å². The molecule has 0 bridgehead atoms. The van der Waals surface area contributed by atoms with E-state index in [2.05, 4.69) is 44.2 Å². The van der Waals surface area contributed by atoms with Crippen LogP contribution < -0.4 is 5.73 Å². The van der Waals surface area contributed by atoms with Crippen LogP contribution in [0, 0.1) is 11.3 Å². The van der Waals surface area contributed by atoms with Gasteiger partial charge in [0, 0.05) is 10.6 Å². The Balaban J connectivity index is 2.60. The average molecular weight is 234 g/mol. The topological polar surface area (TPSA) is 49.8 Å². The molecular weight excluding hydrogens is 216 g/mol. The Hall–Kier alpha value is -0.980. The van der Waals surface area contributed by atoms with E-state index in [0.717, 1.165) is 4.90 Å². The van der Waals surface area contributed by atoms with Gasteiger partial charge in [0.15, 0.2) is 0 Å². The summed E-state index contributed by atoms with van der Waals surface area (Å²) in [5.41, 5.74) is 6.34. The molecule has 1 atom stereocenters. The second-order valence-corrected chi connectivity index (χ2v) is 5.59. The number of nitrogens with two attached hydrogens (primary N) is 1. The molecule has 0 aliphatic rings. The van der Waals surface area contributed by atoms with Gasteiger partial charge in [0.2, 0.25) is 0 Å². The van der Waals surface area contributed by atoms with Crippen LogP contribution in [0.1, 0.15) is 32.3 Å². The lowest BCUT2D eigenvalue weighted by Crippen LogP contribution is -2.36. The van der Waals surface area contributed by atoms with Gasteiger partial charge in [-0.05, 0) is 30.5 Å². The highest BCUT2D eigenvalue weighted by Crippen LogP contribution is 2.23. The lowest BCUT2D eigenvalue weighted by molar-refractivity contribution is 0.682. The van der Waals surface area contributed by atoms with Crippen LogP contribution in [0.2, 0.25) is 0 Å². The van der Waals surface area contributed by atoms with E-state index in [1.165, 1.54) is 5.56 Å². The van der Waals surface area contributed by atoms with Crippen LogP contribution in [0.4, 0.5) is 0 Å². The van der Waals surface area contributed by atoms with Crippen LogP contribution in [0.5, 0.6) is 0 Å². The largest absolute Gasteiger partial charge is 0.313 e. The first-order valence-corrected chi connectivity index (χ1v) is 6.36. The van der Waals surface area contributed by atoms with Crippen molar-refractivity contribution in [2.45, 2.75) is 37.1 Å². The molecule has 1 aromatic carbocycles. The molecular formula is C13H18N2S. The van der Waals surface area contributed by atoms with E-state index in [-0.39, 0.29) is 0 Å². The fourth-order valence-corrected chi connectivity index (χ4v) is 2.07. The summed E-state index contributed by atoms with van der Waals surface area (Å²) in [6.07, 6.45) is 0. The van der Waals surface area contributed by atoms with Crippen molar-refractivity contribution in [2.24, 2.45) is 5.73 Å². The zero-order valence-corrected chi connectivity index (χ0v) is 10.8. The highest BCUT2D eigenvalue weighted by atomic mass is 32.2. The van der Waals surface area contributed by atoms with Gasteiger partial charge in [0.25, 0.3) is 0 Å². The van der Waals surface area contributed by atoms with Crippen LogP contribution in [-0.4, -0.2) is 11.3 Å². The first-order valence-electron chi connectivity index (χ1n) is 5.37. The van der Waals surface area contributed by atoms with Crippen LogP contribution in [-0.2, 0) is 0 Å². The van der Waals surface area contributed by atoms with Gasteiger partial charge in [-0.1, -0.05) is 26.0 Å². The van der Waals surface area contributed by atoms with Gasteiger partial charge in [-0.15, -0.1) is 11.8 Å². The van der Waals surface area contributed by atoms with E-state index in [0.29, 0.717) is 11.7 Å². The normalized spacial score (nSPS) is 14.5. The molecule has 0 aliphatic carbocycles. The van der Waals surface area contributed by atoms with Crippen molar-refractivity contribution in [1.82, 2.24) is 0 Å². The third-order valence-corrected chi connectivity index (χ3v) is 3.69. The van der Waals surface area contributed by atoms with E-state index in [4.69, 9.17) is 11.0 Å². The first kappa shape index (κ1) is 13.1. The van der Waals surface area contributed by atoms with E-state index >= 15 is 0 Å². The van der Waals surface area contributed by atoms with Crippen molar-refractivity contribution in [3.05, 3.63) is 29.8 Å². The maximum Gasteiger partial charge on any atom is 0.110 e. The third kappa shape index (κ3) is 3.88. The molecule has 2 N–H and O–H groups in total. The van der Waals surface area contributed by atoms with Crippen molar-refractivity contribution in [3.8, 4) is 6.07 Å². The third-order valence-electron chi connectivity index (χ3n) is 2.34. The van der Waals surface area contributed by atoms with Gasteiger partial charge >= 0.3 is 0 Å². The molecule has 0 radical (unpaired) electrons. The van der Waals surface area contributed by atoms with E-state index in [9.17, 15) is 0 Å². The van der Waals surface area contributed by atoms with Crippen molar-refractivity contribution < 1.29 is 0 Å². The SMILES string of the molecule is CC(C)c1ccc(SCC(C)(N)C#N)cc1. The van der Waals surface area contributed by atoms with Crippen molar-refractivity contribution in [3.63, 3.8) is 0 Å². The number of hydrogen-bond donors (Lipinski definition) is 1. The summed E-state index contributed by atoms with van der Waals surface area (Å²) in [6, 6.07) is 10.5. The monoisotopic (exact) mass is 234 g/mol. The van der Waals surface area contributed by atoms with E-state index in [1.54, 1.807) is 18.7 Å². The zero-order chi connectivity index (χ0) is 12.2. The quantitative estimate of drug-likeness (QED) is 0.814. The molecule has 0 saturated heterocycles. The molecule has 3 heteroatoms. The molecule has 86 valence electrons. The maximum absolute atomic E-state index is 8.80. The van der Waals surface area contributed by atoms with Gasteiger partial charge in [-0.2, -0.15) is 5.26 Å². The zero-order valence-electron chi connectivity index (χ0n) is 10.0. The number of thioether (sulfide) groups is 1. The molecule has 1 unspecified atom stereocenters. The number of nitrogens with zero attached hydrogens (tertiary/aromatic N) is 1. The highest BCUT2D eigenvalue weighted by Gasteiger charge is 2.17. The first-order chi connectivity index (χ1) is 7.44. The van der Waals surface area contributed by atoms with Gasteiger partial charge in [-0.3, -0.25) is 0 Å². The fourth-order valence-electron chi connectivity index (χ4n) is 1.21. The molecule has 1 aromatic rings. The summed E-state index contributed by atoms with van der Waals surface area (Å²) in [6.45, 7) is 6.10. The average Bonchev–Trinajstić information content (AvgIpc) is 2.27. The van der Waals surface area contributed by atoms with Gasteiger partial charge in [0.05, 0.1) is 6.07 Å². The minimum absolute atomic E-state index is 0.554. The summed E-state index contributed by atoms with van der Waals surface area (Å²) in [7, 11) is 0. The summed E-state index contributed by atoms with van der Waals surface area (Å²) < 4.78 is 0. The molecule has 0 aliphatic heterocycles. The Morgan fingerprint density at radius 1 is 1.38 bits per heavy atom. The van der Waals surface area contributed by atoms with Crippen LogP contribution >= 0.6 is 11.8 Å². The van der Waals surface area contributed by atoms with Gasteiger partial charge in [-0.25, -0.2) is 0 Å². The molecule has 0 fully saturated rings. The smallest absolute Gasteiger partial charge is 0.110 e. The Morgan fingerprint density at radius 2 is 1.94 bits per heavy atom. The Labute approximate surface area is 102 Å². The Bertz CT molecular complexity index is 374. The Kier molecular flexibility index (Phi) is 4.40. The second-order valence-electron chi connectivity index (χ2n) is 4.54. The molecule has 0 heterocycles. The molecule has 0 amide bonds. The lowest BCUT2D eigenvalue weighted by Gasteiger charge is -2.14. The molecule has 16 heavy (non-hydrogen) atoms. The predicted molar refractivity (Wildman–Crippen MR) is 69.5 cm³/mol. The lowest BCUT2D eigenvalue weighted by atomic mass is 10.0. The van der Waals surface area contributed by atoms with Crippen LogP contribution in [0.3, 0.4) is 0 Å². The van der Waals surface area contributed by atoms with E-state index < -0.39 is 5.54 Å². The molecule has 1 rings (SSSR count).